The zero-order chi connectivity index (χ0) is 13.0. The van der Waals surface area contributed by atoms with Crippen LogP contribution in [0, 0.1) is 0 Å². The number of aromatic nitrogens is 1. The van der Waals surface area contributed by atoms with Gasteiger partial charge in [0.1, 0.15) is 17.2 Å². The molecule has 0 aliphatic heterocycles. The van der Waals surface area contributed by atoms with Crippen LogP contribution < -0.4 is 4.74 Å². The first kappa shape index (κ1) is 12.6. The third-order valence-corrected chi connectivity index (χ3v) is 2.88. The highest BCUT2D eigenvalue weighted by Crippen LogP contribution is 2.24. The molecule has 18 heavy (non-hydrogen) atoms. The molecule has 0 N–H and O–H groups in total. The number of carbonyl (C=O) groups is 1. The number of rotatable bonds is 4. The summed E-state index contributed by atoms with van der Waals surface area (Å²) < 4.78 is 5.08. The van der Waals surface area contributed by atoms with Crippen LogP contribution in [0.15, 0.2) is 42.5 Å². The van der Waals surface area contributed by atoms with Gasteiger partial charge in [0.2, 0.25) is 0 Å². The molecule has 2 aromatic rings. The van der Waals surface area contributed by atoms with E-state index in [-0.39, 0.29) is 0 Å². The van der Waals surface area contributed by atoms with Gasteiger partial charge in [-0.1, -0.05) is 29.8 Å². The Morgan fingerprint density at radius 2 is 1.94 bits per heavy atom. The number of ether oxygens (including phenoxy) is 1. The van der Waals surface area contributed by atoms with E-state index in [9.17, 15) is 4.79 Å². The zero-order valence-corrected chi connectivity index (χ0v) is 10.6. The fourth-order valence-electron chi connectivity index (χ4n) is 1.73. The lowest BCUT2D eigenvalue weighted by atomic mass is 9.97. The number of hydrogen-bond acceptors (Lipinski definition) is 3. The van der Waals surface area contributed by atoms with Crippen LogP contribution in [0.3, 0.4) is 0 Å². The molecule has 0 saturated carbocycles. The van der Waals surface area contributed by atoms with Gasteiger partial charge in [-0.25, -0.2) is 4.98 Å². The second-order valence-corrected chi connectivity index (χ2v) is 4.16. The number of aldehydes is 1. The average molecular weight is 262 g/mol. The fourth-order valence-corrected chi connectivity index (χ4v) is 1.90. The summed E-state index contributed by atoms with van der Waals surface area (Å²) in [6.45, 7) is 0. The minimum Gasteiger partial charge on any atom is -0.497 e. The van der Waals surface area contributed by atoms with Crippen molar-refractivity contribution in [2.75, 3.05) is 7.11 Å². The van der Waals surface area contributed by atoms with Crippen LogP contribution in [0.1, 0.15) is 17.2 Å². The Morgan fingerprint density at radius 3 is 2.50 bits per heavy atom. The Morgan fingerprint density at radius 1 is 1.22 bits per heavy atom. The maximum absolute atomic E-state index is 11.3. The zero-order valence-electron chi connectivity index (χ0n) is 9.84. The van der Waals surface area contributed by atoms with Crippen LogP contribution in [0.5, 0.6) is 5.75 Å². The van der Waals surface area contributed by atoms with Gasteiger partial charge in [0, 0.05) is 0 Å². The first-order chi connectivity index (χ1) is 8.74. The van der Waals surface area contributed by atoms with Crippen LogP contribution in [0.25, 0.3) is 0 Å². The maximum Gasteiger partial charge on any atom is 0.133 e. The highest BCUT2D eigenvalue weighted by atomic mass is 35.5. The van der Waals surface area contributed by atoms with E-state index in [1.165, 1.54) is 0 Å². The molecule has 1 heterocycles. The van der Waals surface area contributed by atoms with Crippen LogP contribution in [-0.2, 0) is 4.79 Å². The highest BCUT2D eigenvalue weighted by molar-refractivity contribution is 6.29. The first-order valence-electron chi connectivity index (χ1n) is 5.46. The summed E-state index contributed by atoms with van der Waals surface area (Å²) in [6, 6.07) is 12.6. The molecule has 0 fully saturated rings. The predicted molar refractivity (Wildman–Crippen MR) is 70.1 cm³/mol. The van der Waals surface area contributed by atoms with Crippen molar-refractivity contribution in [3.63, 3.8) is 0 Å². The number of nitrogens with zero attached hydrogens (tertiary/aromatic N) is 1. The lowest BCUT2D eigenvalue weighted by Crippen LogP contribution is -2.04. The molecule has 92 valence electrons. The molecule has 1 aromatic heterocycles. The third-order valence-electron chi connectivity index (χ3n) is 2.67. The van der Waals surface area contributed by atoms with Gasteiger partial charge in [0.05, 0.1) is 18.7 Å². The fraction of sp³-hybridized carbons (Fsp3) is 0.143. The van der Waals surface area contributed by atoms with Crippen molar-refractivity contribution in [3.8, 4) is 5.75 Å². The smallest absolute Gasteiger partial charge is 0.133 e. The molecular weight excluding hydrogens is 250 g/mol. The van der Waals surface area contributed by atoms with Gasteiger partial charge in [-0.3, -0.25) is 0 Å². The number of hydrogen-bond donors (Lipinski definition) is 0. The van der Waals surface area contributed by atoms with E-state index in [4.69, 9.17) is 16.3 Å². The van der Waals surface area contributed by atoms with Crippen molar-refractivity contribution in [2.24, 2.45) is 0 Å². The van der Waals surface area contributed by atoms with Gasteiger partial charge in [-0.2, -0.15) is 0 Å². The molecule has 0 amide bonds. The van der Waals surface area contributed by atoms with E-state index in [1.807, 2.05) is 24.3 Å². The Bertz CT molecular complexity index is 540. The molecule has 0 spiro atoms. The summed E-state index contributed by atoms with van der Waals surface area (Å²) >= 11 is 5.83. The summed E-state index contributed by atoms with van der Waals surface area (Å²) in [5.41, 5.74) is 1.50. The lowest BCUT2D eigenvalue weighted by Gasteiger charge is -2.11. The molecule has 1 unspecified atom stereocenters. The third kappa shape index (κ3) is 2.68. The standard InChI is InChI=1S/C14H12ClNO2/c1-18-11-7-5-10(6-8-11)12(9-17)13-3-2-4-14(15)16-13/h2-9,12H,1H3. The summed E-state index contributed by atoms with van der Waals surface area (Å²) in [6.07, 6.45) is 0.862. The van der Waals surface area contributed by atoms with Crippen molar-refractivity contribution in [3.05, 3.63) is 58.9 Å². The first-order valence-corrected chi connectivity index (χ1v) is 5.84. The van der Waals surface area contributed by atoms with E-state index in [0.29, 0.717) is 10.8 Å². The van der Waals surface area contributed by atoms with Crippen molar-refractivity contribution < 1.29 is 9.53 Å². The molecule has 4 heteroatoms. The topological polar surface area (TPSA) is 39.2 Å². The average Bonchev–Trinajstić information content (AvgIpc) is 2.40. The van der Waals surface area contributed by atoms with Gasteiger partial charge < -0.3 is 9.53 Å². The quantitative estimate of drug-likeness (QED) is 0.627. The molecule has 0 saturated heterocycles. The largest absolute Gasteiger partial charge is 0.497 e. The van der Waals surface area contributed by atoms with Gasteiger partial charge >= 0.3 is 0 Å². The summed E-state index contributed by atoms with van der Waals surface area (Å²) in [4.78, 5) is 15.4. The van der Waals surface area contributed by atoms with Crippen molar-refractivity contribution in [2.45, 2.75) is 5.92 Å². The Kier molecular flexibility index (Phi) is 3.95. The normalized spacial score (nSPS) is 11.9. The van der Waals surface area contributed by atoms with E-state index in [1.54, 1.807) is 25.3 Å². The van der Waals surface area contributed by atoms with Crippen molar-refractivity contribution in [1.82, 2.24) is 4.98 Å². The minimum absolute atomic E-state index is 0.382. The van der Waals surface area contributed by atoms with Crippen LogP contribution in [0.2, 0.25) is 5.15 Å². The number of halogens is 1. The van der Waals surface area contributed by atoms with Crippen LogP contribution in [0.4, 0.5) is 0 Å². The van der Waals surface area contributed by atoms with E-state index in [2.05, 4.69) is 4.98 Å². The molecule has 0 radical (unpaired) electrons. The molecule has 3 nitrogen and oxygen atoms in total. The Hall–Kier alpha value is -1.87. The Balaban J connectivity index is 2.35. The monoisotopic (exact) mass is 261 g/mol. The van der Waals surface area contributed by atoms with Crippen molar-refractivity contribution >= 4 is 17.9 Å². The van der Waals surface area contributed by atoms with Crippen molar-refractivity contribution in [1.29, 1.82) is 0 Å². The predicted octanol–water partition coefficient (Wildman–Crippen LogP) is 3.07. The molecule has 1 aromatic carbocycles. The molecule has 1 atom stereocenters. The second-order valence-electron chi connectivity index (χ2n) is 3.77. The molecule has 0 bridgehead atoms. The second kappa shape index (κ2) is 5.65. The van der Waals surface area contributed by atoms with Gasteiger partial charge in [-0.05, 0) is 29.8 Å². The van der Waals surface area contributed by atoms with E-state index in [0.717, 1.165) is 17.6 Å². The van der Waals surface area contributed by atoms with Crippen LogP contribution in [-0.4, -0.2) is 18.4 Å². The summed E-state index contributed by atoms with van der Waals surface area (Å²) in [7, 11) is 1.60. The molecule has 2 rings (SSSR count). The number of pyridine rings is 1. The van der Waals surface area contributed by atoms with E-state index >= 15 is 0 Å². The van der Waals surface area contributed by atoms with Gasteiger partial charge in [0.25, 0.3) is 0 Å². The molecule has 0 aliphatic carbocycles. The number of carbonyl (C=O) groups excluding carboxylic acids is 1. The number of methoxy groups -OCH3 is 1. The van der Waals surface area contributed by atoms with Gasteiger partial charge in [0.15, 0.2) is 0 Å². The molecule has 0 aliphatic rings. The van der Waals surface area contributed by atoms with Crippen LogP contribution >= 0.6 is 11.6 Å². The lowest BCUT2D eigenvalue weighted by molar-refractivity contribution is -0.108. The summed E-state index contributed by atoms with van der Waals surface area (Å²) in [5, 5.41) is 0.382. The van der Waals surface area contributed by atoms with E-state index < -0.39 is 5.92 Å². The highest BCUT2D eigenvalue weighted by Gasteiger charge is 2.14. The SMILES string of the molecule is COc1ccc(C(C=O)c2cccc(Cl)n2)cc1. The van der Waals surface area contributed by atoms with Gasteiger partial charge in [-0.15, -0.1) is 0 Å². The summed E-state index contributed by atoms with van der Waals surface area (Å²) in [5.74, 6) is 0.344. The maximum atomic E-state index is 11.3. The Labute approximate surface area is 110 Å². The minimum atomic E-state index is -0.408. The molecular formula is C14H12ClNO2. The number of benzene rings is 1.